The molecule has 0 aliphatic carbocycles. The van der Waals surface area contributed by atoms with Crippen molar-refractivity contribution in [1.82, 2.24) is 5.32 Å². The average molecular weight is 308 g/mol. The summed E-state index contributed by atoms with van der Waals surface area (Å²) in [5.74, 6) is 1.15. The number of carbonyl (C=O) groups excluding carboxylic acids is 1. The second kappa shape index (κ2) is 7.18. The molecule has 0 bridgehead atoms. The van der Waals surface area contributed by atoms with Crippen molar-refractivity contribution < 1.29 is 13.9 Å². The maximum absolute atomic E-state index is 11.8. The number of benzene rings is 1. The molecule has 0 radical (unpaired) electrons. The van der Waals surface area contributed by atoms with Crippen LogP contribution in [0.2, 0.25) is 5.02 Å². The number of nitrogens with one attached hydrogen (secondary N) is 1. The van der Waals surface area contributed by atoms with Crippen LogP contribution in [0.5, 0.6) is 5.75 Å². The van der Waals surface area contributed by atoms with E-state index in [-0.39, 0.29) is 18.6 Å². The van der Waals surface area contributed by atoms with E-state index in [9.17, 15) is 4.79 Å². The molecule has 0 saturated carbocycles. The van der Waals surface area contributed by atoms with Gasteiger partial charge in [0, 0.05) is 5.02 Å². The Bertz CT molecular complexity index is 596. The van der Waals surface area contributed by atoms with Gasteiger partial charge >= 0.3 is 0 Å². The molecule has 5 heteroatoms. The molecule has 1 aromatic carbocycles. The lowest BCUT2D eigenvalue weighted by Gasteiger charge is -2.12. The molecule has 0 saturated heterocycles. The van der Waals surface area contributed by atoms with Crippen molar-refractivity contribution in [2.45, 2.75) is 26.3 Å². The van der Waals surface area contributed by atoms with Gasteiger partial charge in [-0.25, -0.2) is 0 Å². The van der Waals surface area contributed by atoms with Crippen molar-refractivity contribution in [3.63, 3.8) is 0 Å². The summed E-state index contributed by atoms with van der Waals surface area (Å²) in [6.45, 7) is 3.83. The molecule has 1 aromatic heterocycles. The highest BCUT2D eigenvalue weighted by atomic mass is 35.5. The molecule has 1 N–H and O–H groups in total. The summed E-state index contributed by atoms with van der Waals surface area (Å²) in [4.78, 5) is 11.8. The fraction of sp³-hybridized carbons (Fsp3) is 0.312. The van der Waals surface area contributed by atoms with Crippen LogP contribution in [0, 0.1) is 0 Å². The lowest BCUT2D eigenvalue weighted by molar-refractivity contribution is -0.123. The summed E-state index contributed by atoms with van der Waals surface area (Å²) in [5, 5.41) is 3.52. The van der Waals surface area contributed by atoms with Gasteiger partial charge in [-0.05, 0) is 49.2 Å². The lowest BCUT2D eigenvalue weighted by atomic mass is 10.1. The van der Waals surface area contributed by atoms with Crippen LogP contribution in [0.15, 0.2) is 41.0 Å². The van der Waals surface area contributed by atoms with Crippen LogP contribution >= 0.6 is 11.6 Å². The molecular formula is C16H18ClNO3. The molecule has 1 heterocycles. The highest BCUT2D eigenvalue weighted by molar-refractivity contribution is 6.31. The highest BCUT2D eigenvalue weighted by Gasteiger charge is 2.12. The first-order chi connectivity index (χ1) is 10.1. The standard InChI is InChI=1S/C16H18ClNO3/c1-3-12-9-13(6-7-14(12)17)21-10-16(19)18-11(2)15-5-4-8-20-15/h4-9,11H,3,10H2,1-2H3,(H,18,19). The van der Waals surface area contributed by atoms with E-state index < -0.39 is 0 Å². The van der Waals surface area contributed by atoms with E-state index >= 15 is 0 Å². The van der Waals surface area contributed by atoms with E-state index in [2.05, 4.69) is 5.32 Å². The Morgan fingerprint density at radius 1 is 1.43 bits per heavy atom. The van der Waals surface area contributed by atoms with Crippen molar-refractivity contribution in [2.75, 3.05) is 6.61 Å². The predicted molar refractivity (Wildman–Crippen MR) is 81.6 cm³/mol. The number of amides is 1. The van der Waals surface area contributed by atoms with Gasteiger partial charge < -0.3 is 14.5 Å². The monoisotopic (exact) mass is 307 g/mol. The average Bonchev–Trinajstić information content (AvgIpc) is 3.00. The molecule has 2 rings (SSSR count). The Kier molecular flexibility index (Phi) is 5.28. The molecule has 1 atom stereocenters. The van der Waals surface area contributed by atoms with Gasteiger partial charge in [0.1, 0.15) is 11.5 Å². The minimum atomic E-state index is -0.202. The first kappa shape index (κ1) is 15.4. The van der Waals surface area contributed by atoms with Crippen LogP contribution in [0.25, 0.3) is 0 Å². The number of halogens is 1. The molecule has 0 aliphatic heterocycles. The fourth-order valence-corrected chi connectivity index (χ4v) is 2.20. The number of hydrogen-bond acceptors (Lipinski definition) is 3. The Balaban J connectivity index is 1.86. The van der Waals surface area contributed by atoms with Crippen molar-refractivity contribution in [3.8, 4) is 5.75 Å². The van der Waals surface area contributed by atoms with Gasteiger partial charge in [0.05, 0.1) is 12.3 Å². The van der Waals surface area contributed by atoms with Crippen molar-refractivity contribution in [3.05, 3.63) is 52.9 Å². The summed E-state index contributed by atoms with van der Waals surface area (Å²) < 4.78 is 10.7. The van der Waals surface area contributed by atoms with Crippen molar-refractivity contribution in [2.24, 2.45) is 0 Å². The molecule has 112 valence electrons. The summed E-state index contributed by atoms with van der Waals surface area (Å²) in [5.41, 5.74) is 0.999. The van der Waals surface area contributed by atoms with E-state index in [0.29, 0.717) is 16.5 Å². The molecule has 1 unspecified atom stereocenters. The van der Waals surface area contributed by atoms with E-state index in [4.69, 9.17) is 20.8 Å². The summed E-state index contributed by atoms with van der Waals surface area (Å²) in [7, 11) is 0. The summed E-state index contributed by atoms with van der Waals surface area (Å²) >= 11 is 6.04. The van der Waals surface area contributed by atoms with Crippen molar-refractivity contribution in [1.29, 1.82) is 0 Å². The van der Waals surface area contributed by atoms with E-state index in [1.807, 2.05) is 26.0 Å². The van der Waals surface area contributed by atoms with Crippen LogP contribution in [0.1, 0.15) is 31.2 Å². The molecule has 0 spiro atoms. The Hall–Kier alpha value is -1.94. The zero-order valence-corrected chi connectivity index (χ0v) is 12.8. The molecule has 4 nitrogen and oxygen atoms in total. The van der Waals surface area contributed by atoms with E-state index in [0.717, 1.165) is 12.0 Å². The topological polar surface area (TPSA) is 51.5 Å². The van der Waals surface area contributed by atoms with Gasteiger partial charge in [0.2, 0.25) is 0 Å². The summed E-state index contributed by atoms with van der Waals surface area (Å²) in [6, 6.07) is 8.80. The number of carbonyl (C=O) groups is 1. The molecule has 0 aliphatic rings. The van der Waals surface area contributed by atoms with Gasteiger partial charge in [-0.15, -0.1) is 0 Å². The third kappa shape index (κ3) is 4.26. The van der Waals surface area contributed by atoms with Gasteiger partial charge in [0.15, 0.2) is 6.61 Å². The van der Waals surface area contributed by atoms with Gasteiger partial charge in [-0.1, -0.05) is 18.5 Å². The largest absolute Gasteiger partial charge is 0.484 e. The number of ether oxygens (including phenoxy) is 1. The molecule has 0 fully saturated rings. The first-order valence-electron chi connectivity index (χ1n) is 6.84. The Morgan fingerprint density at radius 2 is 2.24 bits per heavy atom. The van der Waals surface area contributed by atoms with Crippen LogP contribution in [-0.4, -0.2) is 12.5 Å². The number of aryl methyl sites for hydroxylation is 1. The highest BCUT2D eigenvalue weighted by Crippen LogP contribution is 2.22. The minimum Gasteiger partial charge on any atom is -0.484 e. The molecular weight excluding hydrogens is 290 g/mol. The number of hydrogen-bond donors (Lipinski definition) is 1. The van der Waals surface area contributed by atoms with Crippen molar-refractivity contribution >= 4 is 17.5 Å². The fourth-order valence-electron chi connectivity index (χ4n) is 1.95. The second-order valence-electron chi connectivity index (χ2n) is 4.70. The zero-order valence-electron chi connectivity index (χ0n) is 12.1. The van der Waals surface area contributed by atoms with Gasteiger partial charge in [-0.2, -0.15) is 0 Å². The minimum absolute atomic E-state index is 0.0458. The van der Waals surface area contributed by atoms with Crippen LogP contribution in [0.4, 0.5) is 0 Å². The zero-order chi connectivity index (χ0) is 15.2. The lowest BCUT2D eigenvalue weighted by Crippen LogP contribution is -2.31. The third-order valence-electron chi connectivity index (χ3n) is 3.12. The third-order valence-corrected chi connectivity index (χ3v) is 3.48. The number of rotatable bonds is 6. The maximum atomic E-state index is 11.8. The molecule has 2 aromatic rings. The Labute approximate surface area is 129 Å². The van der Waals surface area contributed by atoms with E-state index in [1.54, 1.807) is 24.5 Å². The number of furan rings is 1. The van der Waals surface area contributed by atoms with E-state index in [1.165, 1.54) is 0 Å². The first-order valence-corrected chi connectivity index (χ1v) is 7.22. The van der Waals surface area contributed by atoms with Gasteiger partial charge in [0.25, 0.3) is 5.91 Å². The quantitative estimate of drug-likeness (QED) is 0.884. The predicted octanol–water partition coefficient (Wildman–Crippen LogP) is 3.75. The Morgan fingerprint density at radius 3 is 2.90 bits per heavy atom. The maximum Gasteiger partial charge on any atom is 0.258 e. The second-order valence-corrected chi connectivity index (χ2v) is 5.11. The smallest absolute Gasteiger partial charge is 0.258 e. The summed E-state index contributed by atoms with van der Waals surface area (Å²) in [6.07, 6.45) is 2.40. The van der Waals surface area contributed by atoms with Crippen LogP contribution in [-0.2, 0) is 11.2 Å². The molecule has 1 amide bonds. The van der Waals surface area contributed by atoms with Crippen LogP contribution in [0.3, 0.4) is 0 Å². The van der Waals surface area contributed by atoms with Crippen LogP contribution < -0.4 is 10.1 Å². The molecule has 21 heavy (non-hydrogen) atoms. The normalized spacial score (nSPS) is 12.0. The van der Waals surface area contributed by atoms with Gasteiger partial charge in [-0.3, -0.25) is 4.79 Å². The SMILES string of the molecule is CCc1cc(OCC(=O)NC(C)c2ccco2)ccc1Cl.